The molecule has 1 aliphatic heterocycles. The molecule has 2 rings (SSSR count). The minimum Gasteiger partial charge on any atom is -0.466 e. The molecule has 0 radical (unpaired) electrons. The number of hydrogen-bond acceptors (Lipinski definition) is 3. The second kappa shape index (κ2) is 7.06. The number of carbonyl (C=O) groups excluding carboxylic acids is 1. The van der Waals surface area contributed by atoms with Gasteiger partial charge in [-0.2, -0.15) is 0 Å². The van der Waals surface area contributed by atoms with Crippen molar-refractivity contribution in [3.8, 4) is 0 Å². The summed E-state index contributed by atoms with van der Waals surface area (Å²) in [6.07, 6.45) is 0. The molecule has 0 aliphatic carbocycles. The minimum atomic E-state index is -0.0532. The summed E-state index contributed by atoms with van der Waals surface area (Å²) >= 11 is 3.51. The molecule has 1 saturated heterocycles. The van der Waals surface area contributed by atoms with Crippen LogP contribution in [0.3, 0.4) is 0 Å². The van der Waals surface area contributed by atoms with Gasteiger partial charge in [-0.1, -0.05) is 46.3 Å². The van der Waals surface area contributed by atoms with E-state index in [1.54, 1.807) is 0 Å². The van der Waals surface area contributed by atoms with Crippen molar-refractivity contribution in [1.29, 1.82) is 0 Å². The smallest absolute Gasteiger partial charge is 0.310 e. The van der Waals surface area contributed by atoms with Gasteiger partial charge in [0.1, 0.15) is 0 Å². The Morgan fingerprint density at radius 1 is 1.37 bits per heavy atom. The average Bonchev–Trinajstić information content (AvgIpc) is 2.83. The second-order valence-electron chi connectivity index (χ2n) is 4.95. The third-order valence-corrected chi connectivity index (χ3v) is 4.38. The summed E-state index contributed by atoms with van der Waals surface area (Å²) in [5, 5.41) is 0.849. The molecule has 0 saturated carbocycles. The standard InChI is InChI=1S/C15H20BrNO2/c1-2-19-15(18)14-11-17(10-13(14)8-16)9-12-6-4-3-5-7-12/h3-7,13-14H,2,8-11H2,1H3/t13-,14-/m0/s1. The van der Waals surface area contributed by atoms with Crippen LogP contribution in [0.2, 0.25) is 0 Å². The van der Waals surface area contributed by atoms with E-state index in [1.807, 2.05) is 13.0 Å². The molecule has 1 heterocycles. The highest BCUT2D eigenvalue weighted by Gasteiger charge is 2.37. The Morgan fingerprint density at radius 3 is 2.74 bits per heavy atom. The molecule has 0 bridgehead atoms. The molecular weight excluding hydrogens is 306 g/mol. The van der Waals surface area contributed by atoms with Gasteiger partial charge in [0.15, 0.2) is 0 Å². The number of rotatable bonds is 5. The summed E-state index contributed by atoms with van der Waals surface area (Å²) in [5.74, 6) is 0.299. The van der Waals surface area contributed by atoms with E-state index in [1.165, 1.54) is 5.56 Å². The van der Waals surface area contributed by atoms with Crippen LogP contribution in [-0.4, -0.2) is 35.9 Å². The van der Waals surface area contributed by atoms with E-state index in [2.05, 4.69) is 45.1 Å². The van der Waals surface area contributed by atoms with E-state index in [4.69, 9.17) is 4.74 Å². The number of halogens is 1. The first-order valence-corrected chi connectivity index (χ1v) is 7.85. The number of ether oxygens (including phenoxy) is 1. The van der Waals surface area contributed by atoms with Gasteiger partial charge in [-0.15, -0.1) is 0 Å². The van der Waals surface area contributed by atoms with Crippen LogP contribution >= 0.6 is 15.9 Å². The number of nitrogens with zero attached hydrogens (tertiary/aromatic N) is 1. The van der Waals surface area contributed by atoms with E-state index in [-0.39, 0.29) is 11.9 Å². The molecule has 0 N–H and O–H groups in total. The highest BCUT2D eigenvalue weighted by atomic mass is 79.9. The number of benzene rings is 1. The van der Waals surface area contributed by atoms with Crippen molar-refractivity contribution < 1.29 is 9.53 Å². The summed E-state index contributed by atoms with van der Waals surface area (Å²) in [6.45, 7) is 4.97. The Bertz CT molecular complexity index is 410. The SMILES string of the molecule is CCOC(=O)[C@H]1CN(Cc2ccccc2)C[C@@H]1CBr. The van der Waals surface area contributed by atoms with Crippen molar-refractivity contribution in [2.45, 2.75) is 13.5 Å². The zero-order chi connectivity index (χ0) is 13.7. The Kier molecular flexibility index (Phi) is 5.40. The molecule has 0 aromatic heterocycles. The molecular formula is C15H20BrNO2. The van der Waals surface area contributed by atoms with Gasteiger partial charge in [-0.05, 0) is 18.4 Å². The fourth-order valence-corrected chi connectivity index (χ4v) is 3.26. The number of likely N-dealkylation sites (tertiary alicyclic amines) is 1. The molecule has 0 unspecified atom stereocenters. The van der Waals surface area contributed by atoms with Crippen molar-refractivity contribution >= 4 is 21.9 Å². The van der Waals surface area contributed by atoms with Crippen LogP contribution in [0, 0.1) is 11.8 Å². The first-order valence-electron chi connectivity index (χ1n) is 6.73. The highest BCUT2D eigenvalue weighted by Crippen LogP contribution is 2.27. The van der Waals surface area contributed by atoms with Crippen LogP contribution in [0.4, 0.5) is 0 Å². The maximum Gasteiger partial charge on any atom is 0.310 e. The first-order chi connectivity index (χ1) is 9.24. The van der Waals surface area contributed by atoms with Gasteiger partial charge >= 0.3 is 5.97 Å². The van der Waals surface area contributed by atoms with Crippen LogP contribution < -0.4 is 0 Å². The maximum atomic E-state index is 11.9. The summed E-state index contributed by atoms with van der Waals surface area (Å²) in [6, 6.07) is 10.4. The molecule has 1 aliphatic rings. The normalized spacial score (nSPS) is 23.5. The topological polar surface area (TPSA) is 29.5 Å². The molecule has 3 nitrogen and oxygen atoms in total. The lowest BCUT2D eigenvalue weighted by Gasteiger charge is -2.15. The van der Waals surface area contributed by atoms with Gasteiger partial charge in [-0.25, -0.2) is 0 Å². The summed E-state index contributed by atoms with van der Waals surface area (Å²) < 4.78 is 5.17. The third-order valence-electron chi connectivity index (χ3n) is 3.55. The van der Waals surface area contributed by atoms with Crippen molar-refractivity contribution in [3.63, 3.8) is 0 Å². The molecule has 19 heavy (non-hydrogen) atoms. The lowest BCUT2D eigenvalue weighted by molar-refractivity contribution is -0.148. The maximum absolute atomic E-state index is 11.9. The van der Waals surface area contributed by atoms with Crippen LogP contribution in [0.15, 0.2) is 30.3 Å². The number of alkyl halides is 1. The van der Waals surface area contributed by atoms with E-state index in [9.17, 15) is 4.79 Å². The fourth-order valence-electron chi connectivity index (χ4n) is 2.60. The average molecular weight is 326 g/mol. The largest absolute Gasteiger partial charge is 0.466 e. The van der Waals surface area contributed by atoms with Crippen molar-refractivity contribution in [2.24, 2.45) is 11.8 Å². The second-order valence-corrected chi connectivity index (χ2v) is 5.60. The van der Waals surface area contributed by atoms with Gasteiger partial charge < -0.3 is 4.74 Å². The summed E-state index contributed by atoms with van der Waals surface area (Å²) in [4.78, 5) is 14.3. The van der Waals surface area contributed by atoms with Gasteiger partial charge in [0.25, 0.3) is 0 Å². The predicted octanol–water partition coefficient (Wildman–Crippen LogP) is 2.69. The first kappa shape index (κ1) is 14.5. The van der Waals surface area contributed by atoms with Gasteiger partial charge in [0.2, 0.25) is 0 Å². The lowest BCUT2D eigenvalue weighted by atomic mass is 9.99. The van der Waals surface area contributed by atoms with E-state index in [0.717, 1.165) is 25.0 Å². The molecule has 104 valence electrons. The minimum absolute atomic E-state index is 0.00281. The summed E-state index contributed by atoms with van der Waals surface area (Å²) in [7, 11) is 0. The number of esters is 1. The third kappa shape index (κ3) is 3.80. The van der Waals surface area contributed by atoms with E-state index in [0.29, 0.717) is 12.5 Å². The van der Waals surface area contributed by atoms with E-state index >= 15 is 0 Å². The van der Waals surface area contributed by atoms with Crippen LogP contribution in [0.25, 0.3) is 0 Å². The quantitative estimate of drug-likeness (QED) is 0.615. The van der Waals surface area contributed by atoms with Crippen LogP contribution in [0.1, 0.15) is 12.5 Å². The van der Waals surface area contributed by atoms with Crippen LogP contribution in [-0.2, 0) is 16.1 Å². The van der Waals surface area contributed by atoms with Gasteiger partial charge in [0.05, 0.1) is 12.5 Å². The zero-order valence-corrected chi connectivity index (χ0v) is 12.8. The highest BCUT2D eigenvalue weighted by molar-refractivity contribution is 9.09. The lowest BCUT2D eigenvalue weighted by Crippen LogP contribution is -2.26. The molecule has 1 aromatic rings. The fraction of sp³-hybridized carbons (Fsp3) is 0.533. The summed E-state index contributed by atoms with van der Waals surface area (Å²) in [5.41, 5.74) is 1.29. The molecule has 0 spiro atoms. The molecule has 0 amide bonds. The Hall–Kier alpha value is -0.870. The molecule has 1 aromatic carbocycles. The molecule has 2 atom stereocenters. The number of carbonyl (C=O) groups is 1. The predicted molar refractivity (Wildman–Crippen MR) is 79.1 cm³/mol. The van der Waals surface area contributed by atoms with Gasteiger partial charge in [0, 0.05) is 25.0 Å². The van der Waals surface area contributed by atoms with Crippen molar-refractivity contribution in [1.82, 2.24) is 4.90 Å². The van der Waals surface area contributed by atoms with Crippen LogP contribution in [0.5, 0.6) is 0 Å². The zero-order valence-electron chi connectivity index (χ0n) is 11.2. The number of hydrogen-bond donors (Lipinski definition) is 0. The molecule has 4 heteroatoms. The van der Waals surface area contributed by atoms with Gasteiger partial charge in [-0.3, -0.25) is 9.69 Å². The Balaban J connectivity index is 1.97. The molecule has 1 fully saturated rings. The van der Waals surface area contributed by atoms with Crippen molar-refractivity contribution in [2.75, 3.05) is 25.0 Å². The monoisotopic (exact) mass is 325 g/mol. The van der Waals surface area contributed by atoms with Crippen molar-refractivity contribution in [3.05, 3.63) is 35.9 Å². The van der Waals surface area contributed by atoms with E-state index < -0.39 is 0 Å². The Labute approximate surface area is 123 Å². The Morgan fingerprint density at radius 2 is 2.11 bits per heavy atom.